The predicted octanol–water partition coefficient (Wildman–Crippen LogP) is -1.20. The molecular formula is C10H15NO6S2. The highest BCUT2D eigenvalue weighted by Gasteiger charge is 2.20. The van der Waals surface area contributed by atoms with Gasteiger partial charge in [-0.25, -0.2) is 16.8 Å². The molecule has 0 unspecified atom stereocenters. The van der Waals surface area contributed by atoms with Crippen LogP contribution in [-0.2, 0) is 19.7 Å². The molecule has 0 amide bonds. The summed E-state index contributed by atoms with van der Waals surface area (Å²) in [5.74, 6) is -0.949. The summed E-state index contributed by atoms with van der Waals surface area (Å²) in [5, 5.41) is 17.3. The quantitative estimate of drug-likeness (QED) is 0.562. The molecule has 108 valence electrons. The van der Waals surface area contributed by atoms with E-state index < -0.39 is 44.4 Å². The van der Waals surface area contributed by atoms with E-state index in [1.165, 1.54) is 0 Å². The van der Waals surface area contributed by atoms with Crippen molar-refractivity contribution in [2.75, 3.05) is 30.5 Å². The fourth-order valence-electron chi connectivity index (χ4n) is 1.47. The molecule has 1 aromatic rings. The molecular weight excluding hydrogens is 294 g/mol. The van der Waals surface area contributed by atoms with Crippen LogP contribution in [0.15, 0.2) is 28.0 Å². The van der Waals surface area contributed by atoms with Crippen molar-refractivity contribution in [3.8, 4) is 0 Å². The Hall–Kier alpha value is -1.16. The Morgan fingerprint density at radius 2 is 1.47 bits per heavy atom. The number of aliphatic hydroxyl groups is 2. The third kappa shape index (κ3) is 3.66. The highest BCUT2D eigenvalue weighted by atomic mass is 32.2. The molecule has 0 aromatic heterocycles. The van der Waals surface area contributed by atoms with E-state index in [9.17, 15) is 16.8 Å². The zero-order valence-corrected chi connectivity index (χ0v) is 11.6. The minimum Gasteiger partial charge on any atom is -0.398 e. The number of hydrogen-bond acceptors (Lipinski definition) is 7. The Morgan fingerprint density at radius 3 is 1.95 bits per heavy atom. The van der Waals surface area contributed by atoms with Gasteiger partial charge in [0.15, 0.2) is 19.7 Å². The summed E-state index contributed by atoms with van der Waals surface area (Å²) in [6, 6.07) is 3.24. The van der Waals surface area contributed by atoms with Crippen molar-refractivity contribution in [2.45, 2.75) is 9.79 Å². The molecule has 0 fully saturated rings. The van der Waals surface area contributed by atoms with E-state index in [2.05, 4.69) is 0 Å². The lowest BCUT2D eigenvalue weighted by Crippen LogP contribution is -2.14. The van der Waals surface area contributed by atoms with Crippen LogP contribution in [0.4, 0.5) is 5.69 Å². The van der Waals surface area contributed by atoms with Gasteiger partial charge in [0, 0.05) is 0 Å². The maximum Gasteiger partial charge on any atom is 0.182 e. The summed E-state index contributed by atoms with van der Waals surface area (Å²) in [5.41, 5.74) is 5.34. The Bertz CT molecular complexity index is 651. The minimum absolute atomic E-state index is 0.151. The number of benzene rings is 1. The molecule has 9 heteroatoms. The first kappa shape index (κ1) is 15.9. The number of nitrogen functional groups attached to an aromatic ring is 1. The second-order valence-corrected chi connectivity index (χ2v) is 7.97. The average molecular weight is 309 g/mol. The van der Waals surface area contributed by atoms with Crippen LogP contribution in [-0.4, -0.2) is 51.8 Å². The minimum atomic E-state index is -3.73. The molecule has 7 nitrogen and oxygen atoms in total. The SMILES string of the molecule is Nc1cc(S(=O)(=O)CCO)ccc1S(=O)(=O)CCO. The molecule has 1 rings (SSSR count). The fourth-order valence-corrected chi connectivity index (χ4v) is 3.68. The molecule has 0 bridgehead atoms. The van der Waals surface area contributed by atoms with Gasteiger partial charge in [0.05, 0.1) is 40.2 Å². The second kappa shape index (κ2) is 5.87. The van der Waals surface area contributed by atoms with E-state index in [1.807, 2.05) is 0 Å². The van der Waals surface area contributed by atoms with Gasteiger partial charge in [-0.15, -0.1) is 0 Å². The maximum absolute atomic E-state index is 11.7. The van der Waals surface area contributed by atoms with Crippen molar-refractivity contribution in [3.05, 3.63) is 18.2 Å². The second-order valence-electron chi connectivity index (χ2n) is 3.78. The summed E-state index contributed by atoms with van der Waals surface area (Å²) in [6.45, 7) is -1.08. The summed E-state index contributed by atoms with van der Waals surface area (Å²) in [7, 11) is -7.42. The molecule has 0 saturated carbocycles. The van der Waals surface area contributed by atoms with Crippen LogP contribution in [0.5, 0.6) is 0 Å². The largest absolute Gasteiger partial charge is 0.398 e. The van der Waals surface area contributed by atoms with Crippen LogP contribution in [0.25, 0.3) is 0 Å². The molecule has 0 heterocycles. The molecule has 0 radical (unpaired) electrons. The van der Waals surface area contributed by atoms with Gasteiger partial charge in [0.2, 0.25) is 0 Å². The number of hydrogen-bond donors (Lipinski definition) is 3. The molecule has 0 saturated heterocycles. The standard InChI is InChI=1S/C10H15NO6S2/c11-9-7-8(18(14,15)5-3-12)1-2-10(9)19(16,17)6-4-13/h1-2,7,12-13H,3-6,11H2. The average Bonchev–Trinajstić information content (AvgIpc) is 2.28. The summed E-state index contributed by atoms with van der Waals surface area (Å²) in [4.78, 5) is -0.369. The summed E-state index contributed by atoms with van der Waals surface area (Å²) in [6.07, 6.45) is 0. The maximum atomic E-state index is 11.7. The van der Waals surface area contributed by atoms with Gasteiger partial charge in [0.25, 0.3) is 0 Å². The van der Waals surface area contributed by atoms with E-state index in [0.29, 0.717) is 0 Å². The number of rotatable bonds is 6. The van der Waals surface area contributed by atoms with Crippen LogP contribution >= 0.6 is 0 Å². The highest BCUT2D eigenvalue weighted by Crippen LogP contribution is 2.23. The fraction of sp³-hybridized carbons (Fsp3) is 0.400. The van der Waals surface area contributed by atoms with Gasteiger partial charge < -0.3 is 15.9 Å². The summed E-state index contributed by atoms with van der Waals surface area (Å²) >= 11 is 0. The molecule has 0 spiro atoms. The Balaban J connectivity index is 3.26. The van der Waals surface area contributed by atoms with Crippen molar-refractivity contribution in [2.24, 2.45) is 0 Å². The zero-order valence-electron chi connectivity index (χ0n) is 9.98. The van der Waals surface area contributed by atoms with Crippen molar-refractivity contribution in [1.82, 2.24) is 0 Å². The van der Waals surface area contributed by atoms with Crippen molar-refractivity contribution in [3.63, 3.8) is 0 Å². The molecule has 4 N–H and O–H groups in total. The van der Waals surface area contributed by atoms with Crippen LogP contribution in [0.1, 0.15) is 0 Å². The Kier molecular flexibility index (Phi) is 4.91. The van der Waals surface area contributed by atoms with E-state index in [-0.39, 0.29) is 15.5 Å². The lowest BCUT2D eigenvalue weighted by Gasteiger charge is -2.09. The number of sulfone groups is 2. The van der Waals surface area contributed by atoms with Crippen molar-refractivity contribution in [1.29, 1.82) is 0 Å². The van der Waals surface area contributed by atoms with Crippen LogP contribution in [0, 0.1) is 0 Å². The molecule has 0 atom stereocenters. The van der Waals surface area contributed by atoms with Crippen molar-refractivity contribution >= 4 is 25.4 Å². The van der Waals surface area contributed by atoms with Crippen LogP contribution < -0.4 is 5.73 Å². The zero-order chi connectivity index (χ0) is 14.7. The van der Waals surface area contributed by atoms with E-state index in [1.54, 1.807) is 0 Å². The monoisotopic (exact) mass is 309 g/mol. The molecule has 19 heavy (non-hydrogen) atoms. The Labute approximate surface area is 111 Å². The van der Waals surface area contributed by atoms with Gasteiger partial charge in [-0.3, -0.25) is 0 Å². The summed E-state index contributed by atoms with van der Waals surface area (Å²) < 4.78 is 46.8. The first-order valence-electron chi connectivity index (χ1n) is 5.31. The van der Waals surface area contributed by atoms with Gasteiger partial charge in [-0.05, 0) is 18.2 Å². The third-order valence-electron chi connectivity index (χ3n) is 2.40. The van der Waals surface area contributed by atoms with E-state index in [4.69, 9.17) is 15.9 Å². The van der Waals surface area contributed by atoms with Gasteiger partial charge >= 0.3 is 0 Å². The number of aliphatic hydroxyl groups excluding tert-OH is 2. The van der Waals surface area contributed by atoms with Crippen LogP contribution in [0.3, 0.4) is 0 Å². The highest BCUT2D eigenvalue weighted by molar-refractivity contribution is 7.92. The predicted molar refractivity (Wildman–Crippen MR) is 69.1 cm³/mol. The number of nitrogens with two attached hydrogens (primary N) is 1. The number of anilines is 1. The normalized spacial score (nSPS) is 12.5. The smallest absolute Gasteiger partial charge is 0.182 e. The third-order valence-corrected chi connectivity index (χ3v) is 5.85. The van der Waals surface area contributed by atoms with Gasteiger partial charge in [-0.2, -0.15) is 0 Å². The Morgan fingerprint density at radius 1 is 0.947 bits per heavy atom. The lowest BCUT2D eigenvalue weighted by molar-refractivity contribution is 0.319. The first-order valence-corrected chi connectivity index (χ1v) is 8.62. The van der Waals surface area contributed by atoms with Gasteiger partial charge in [0.1, 0.15) is 0 Å². The van der Waals surface area contributed by atoms with Gasteiger partial charge in [-0.1, -0.05) is 0 Å². The first-order chi connectivity index (χ1) is 8.74. The van der Waals surface area contributed by atoms with E-state index in [0.717, 1.165) is 18.2 Å². The molecule has 0 aliphatic carbocycles. The van der Waals surface area contributed by atoms with E-state index >= 15 is 0 Å². The van der Waals surface area contributed by atoms with Crippen molar-refractivity contribution < 1.29 is 27.0 Å². The molecule has 1 aromatic carbocycles. The topological polar surface area (TPSA) is 135 Å². The lowest BCUT2D eigenvalue weighted by atomic mass is 10.3. The molecule has 0 aliphatic rings. The molecule has 0 aliphatic heterocycles. The van der Waals surface area contributed by atoms with Crippen LogP contribution in [0.2, 0.25) is 0 Å².